The number of aryl methyl sites for hydroxylation is 1. The smallest absolute Gasteiger partial charge is 0.389 e. The standard InChI is InChI=1S/C25H25ClF3N5O4S/c1-12-18(10-36-24(37-12)14-6-4-3-5-7-14)38-21(17(35)9-30)23-32-13(2)33-34(23)16-8-15(26)20-22(39-11-31-20)19(16)25(27,28)29/h3-8,11-12,17-18,21,24,35H,9-10,30H2,1-2H3/t12?,17-,18?,21?,24?/m0/s1. The number of alkyl halides is 3. The molecule has 0 aliphatic carbocycles. The van der Waals surface area contributed by atoms with E-state index in [2.05, 4.69) is 15.1 Å². The highest BCUT2D eigenvalue weighted by molar-refractivity contribution is 7.17. The van der Waals surface area contributed by atoms with E-state index in [-0.39, 0.29) is 45.7 Å². The number of benzene rings is 2. The van der Waals surface area contributed by atoms with Crippen molar-refractivity contribution in [2.75, 3.05) is 13.2 Å². The van der Waals surface area contributed by atoms with Crippen LogP contribution in [0, 0.1) is 6.92 Å². The van der Waals surface area contributed by atoms with Gasteiger partial charge in [0, 0.05) is 12.1 Å². The molecule has 0 spiro atoms. The molecule has 1 fully saturated rings. The zero-order valence-corrected chi connectivity index (χ0v) is 22.4. The van der Waals surface area contributed by atoms with Crippen molar-refractivity contribution in [3.63, 3.8) is 0 Å². The maximum absolute atomic E-state index is 14.4. The Morgan fingerprint density at radius 1 is 1.31 bits per heavy atom. The van der Waals surface area contributed by atoms with Gasteiger partial charge in [-0.05, 0) is 19.9 Å². The van der Waals surface area contributed by atoms with Crippen molar-refractivity contribution in [3.8, 4) is 5.69 Å². The molecule has 0 amide bonds. The number of nitrogens with two attached hydrogens (primary N) is 1. The number of nitrogens with zero attached hydrogens (tertiary/aromatic N) is 4. The maximum atomic E-state index is 14.4. The first-order valence-corrected chi connectivity index (χ1v) is 13.3. The predicted molar refractivity (Wildman–Crippen MR) is 138 cm³/mol. The van der Waals surface area contributed by atoms with Crippen LogP contribution >= 0.6 is 22.9 Å². The summed E-state index contributed by atoms with van der Waals surface area (Å²) in [5.41, 5.74) is 6.58. The Balaban J connectivity index is 1.52. The van der Waals surface area contributed by atoms with Gasteiger partial charge < -0.3 is 25.1 Å². The van der Waals surface area contributed by atoms with Gasteiger partial charge in [0.2, 0.25) is 0 Å². The lowest BCUT2D eigenvalue weighted by Crippen LogP contribution is -2.44. The van der Waals surface area contributed by atoms with Crippen molar-refractivity contribution in [3.05, 3.63) is 69.7 Å². The van der Waals surface area contributed by atoms with Gasteiger partial charge in [-0.2, -0.15) is 18.3 Å². The molecule has 14 heteroatoms. The molecular weight excluding hydrogens is 559 g/mol. The molecule has 208 valence electrons. The van der Waals surface area contributed by atoms with Gasteiger partial charge in [-0.1, -0.05) is 41.9 Å². The Bertz CT molecular complexity index is 1450. The molecule has 2 aromatic heterocycles. The van der Waals surface area contributed by atoms with Crippen molar-refractivity contribution in [1.82, 2.24) is 19.7 Å². The van der Waals surface area contributed by atoms with E-state index in [1.807, 2.05) is 30.3 Å². The number of hydrogen-bond acceptors (Lipinski definition) is 9. The highest BCUT2D eigenvalue weighted by Gasteiger charge is 2.41. The zero-order chi connectivity index (χ0) is 27.9. The minimum absolute atomic E-state index is 0.0138. The van der Waals surface area contributed by atoms with Crippen molar-refractivity contribution >= 4 is 33.2 Å². The summed E-state index contributed by atoms with van der Waals surface area (Å²) in [6.07, 6.45) is -9.17. The molecule has 1 saturated heterocycles. The summed E-state index contributed by atoms with van der Waals surface area (Å²) in [6.45, 7) is 3.14. The third-order valence-corrected chi connectivity index (χ3v) is 7.43. The molecule has 4 aromatic rings. The Hall–Kier alpha value is -2.65. The third-order valence-electron chi connectivity index (χ3n) is 6.30. The molecule has 0 radical (unpaired) electrons. The second-order valence-electron chi connectivity index (χ2n) is 9.02. The fraction of sp³-hybridized carbons (Fsp3) is 0.400. The van der Waals surface area contributed by atoms with E-state index in [4.69, 9.17) is 31.5 Å². The molecule has 1 aliphatic heterocycles. The second-order valence-corrected chi connectivity index (χ2v) is 10.3. The number of fused-ring (bicyclic) bond motifs is 1. The summed E-state index contributed by atoms with van der Waals surface area (Å²) in [5.74, 6) is 0.0815. The van der Waals surface area contributed by atoms with Gasteiger partial charge in [0.1, 0.15) is 29.1 Å². The van der Waals surface area contributed by atoms with Crippen LogP contribution in [0.4, 0.5) is 13.2 Å². The number of halogens is 4. The molecule has 5 atom stereocenters. The monoisotopic (exact) mass is 583 g/mol. The molecule has 5 rings (SSSR count). The average molecular weight is 584 g/mol. The molecule has 2 aromatic carbocycles. The summed E-state index contributed by atoms with van der Waals surface area (Å²) in [6, 6.07) is 10.5. The van der Waals surface area contributed by atoms with Crippen LogP contribution in [0.1, 0.15) is 42.1 Å². The summed E-state index contributed by atoms with van der Waals surface area (Å²) < 4.78 is 62.1. The molecule has 9 nitrogen and oxygen atoms in total. The molecule has 39 heavy (non-hydrogen) atoms. The fourth-order valence-electron chi connectivity index (χ4n) is 4.41. The van der Waals surface area contributed by atoms with Crippen molar-refractivity contribution in [2.24, 2.45) is 5.73 Å². The lowest BCUT2D eigenvalue weighted by molar-refractivity contribution is -0.274. The van der Waals surface area contributed by atoms with Gasteiger partial charge in [0.25, 0.3) is 0 Å². The maximum Gasteiger partial charge on any atom is 0.419 e. The largest absolute Gasteiger partial charge is 0.419 e. The SMILES string of the molecule is Cc1nc(C(OC2COC(c3ccccc3)OC2C)[C@@H](O)CN)n(-c2cc(Cl)c3ncsc3c2C(F)(F)F)n1. The number of aromatic nitrogens is 4. The number of rotatable bonds is 7. The van der Waals surface area contributed by atoms with Crippen LogP contribution in [-0.4, -0.2) is 56.3 Å². The van der Waals surface area contributed by atoms with Crippen LogP contribution < -0.4 is 5.73 Å². The van der Waals surface area contributed by atoms with E-state index in [1.165, 1.54) is 12.4 Å². The van der Waals surface area contributed by atoms with Crippen molar-refractivity contribution in [2.45, 2.75) is 50.7 Å². The summed E-state index contributed by atoms with van der Waals surface area (Å²) >= 11 is 7.14. The van der Waals surface area contributed by atoms with Crippen LogP contribution in [0.5, 0.6) is 0 Å². The molecule has 3 heterocycles. The van der Waals surface area contributed by atoms with E-state index in [0.717, 1.165) is 27.6 Å². The van der Waals surface area contributed by atoms with Crippen LogP contribution in [0.2, 0.25) is 5.02 Å². The first-order chi connectivity index (χ1) is 18.6. The number of aliphatic hydroxyl groups is 1. The van der Waals surface area contributed by atoms with Gasteiger partial charge in [-0.3, -0.25) is 0 Å². The molecular formula is C25H25ClF3N5O4S. The Kier molecular flexibility index (Phi) is 7.93. The first-order valence-electron chi connectivity index (χ1n) is 12.0. The van der Waals surface area contributed by atoms with Crippen molar-refractivity contribution < 1.29 is 32.5 Å². The minimum Gasteiger partial charge on any atom is -0.389 e. The first kappa shape index (κ1) is 27.9. The minimum atomic E-state index is -4.77. The van der Waals surface area contributed by atoms with Crippen molar-refractivity contribution in [1.29, 1.82) is 0 Å². The lowest BCUT2D eigenvalue weighted by Gasteiger charge is -2.37. The third kappa shape index (κ3) is 5.53. The summed E-state index contributed by atoms with van der Waals surface area (Å²) in [7, 11) is 0. The predicted octanol–water partition coefficient (Wildman–Crippen LogP) is 4.74. The molecule has 3 N–H and O–H groups in total. The Morgan fingerprint density at radius 2 is 2.05 bits per heavy atom. The fourth-order valence-corrected chi connectivity index (χ4v) is 5.59. The normalized spacial score (nSPS) is 21.8. The van der Waals surface area contributed by atoms with E-state index in [9.17, 15) is 18.3 Å². The number of thiazole rings is 1. The van der Waals surface area contributed by atoms with E-state index < -0.39 is 42.4 Å². The van der Waals surface area contributed by atoms with Gasteiger partial charge in [-0.25, -0.2) is 14.6 Å². The lowest BCUT2D eigenvalue weighted by atomic mass is 10.1. The Morgan fingerprint density at radius 3 is 2.72 bits per heavy atom. The van der Waals surface area contributed by atoms with Crippen LogP contribution in [-0.2, 0) is 20.4 Å². The van der Waals surface area contributed by atoms with E-state index in [1.54, 1.807) is 6.92 Å². The van der Waals surface area contributed by atoms with Gasteiger partial charge in [0.05, 0.1) is 39.7 Å². The summed E-state index contributed by atoms with van der Waals surface area (Å²) in [4.78, 5) is 8.31. The van der Waals surface area contributed by atoms with Gasteiger partial charge in [-0.15, -0.1) is 11.3 Å². The highest BCUT2D eigenvalue weighted by Crippen LogP contribution is 2.44. The molecule has 0 bridgehead atoms. The van der Waals surface area contributed by atoms with E-state index >= 15 is 0 Å². The van der Waals surface area contributed by atoms with Crippen LogP contribution in [0.25, 0.3) is 15.9 Å². The Labute approximate surface area is 230 Å². The summed E-state index contributed by atoms with van der Waals surface area (Å²) in [5, 5.41) is 15.1. The average Bonchev–Trinajstić information content (AvgIpc) is 3.54. The van der Waals surface area contributed by atoms with E-state index in [0.29, 0.717) is 0 Å². The van der Waals surface area contributed by atoms with Crippen LogP contribution in [0.15, 0.2) is 41.9 Å². The number of aliphatic hydroxyl groups excluding tert-OH is 1. The molecule has 4 unspecified atom stereocenters. The molecule has 0 saturated carbocycles. The zero-order valence-electron chi connectivity index (χ0n) is 20.8. The second kappa shape index (κ2) is 11.1. The quantitative estimate of drug-likeness (QED) is 0.320. The number of ether oxygens (including phenoxy) is 3. The number of hydrogen-bond donors (Lipinski definition) is 2. The van der Waals surface area contributed by atoms with Crippen LogP contribution in [0.3, 0.4) is 0 Å². The van der Waals surface area contributed by atoms with Gasteiger partial charge >= 0.3 is 6.18 Å². The van der Waals surface area contributed by atoms with Gasteiger partial charge in [0.15, 0.2) is 12.1 Å². The highest BCUT2D eigenvalue weighted by atomic mass is 35.5. The molecule has 1 aliphatic rings. The topological polar surface area (TPSA) is 118 Å².